The Morgan fingerprint density at radius 1 is 1.24 bits per heavy atom. The van der Waals surface area contributed by atoms with Gasteiger partial charge in [-0.1, -0.05) is 6.07 Å². The monoisotopic (exact) mass is 388 g/mol. The van der Waals surface area contributed by atoms with E-state index in [0.29, 0.717) is 18.2 Å². The van der Waals surface area contributed by atoms with Crippen LogP contribution in [0.15, 0.2) is 36.8 Å². The van der Waals surface area contributed by atoms with Crippen molar-refractivity contribution in [2.75, 3.05) is 12.4 Å². The summed E-state index contributed by atoms with van der Waals surface area (Å²) < 4.78 is 6.93. The maximum atomic E-state index is 12.1. The zero-order valence-electron chi connectivity index (χ0n) is 16.2. The van der Waals surface area contributed by atoms with Gasteiger partial charge in [0, 0.05) is 53.6 Å². The molecule has 1 N–H and O–H groups in total. The van der Waals surface area contributed by atoms with Crippen molar-refractivity contribution in [1.29, 1.82) is 0 Å². The van der Waals surface area contributed by atoms with Gasteiger partial charge in [-0.15, -0.1) is 5.10 Å². The first-order chi connectivity index (χ1) is 14.1. The number of fused-ring (bicyclic) bond motifs is 2. The number of nitrogens with zero attached hydrogens (tertiary/aromatic N) is 5. The zero-order chi connectivity index (χ0) is 20.0. The number of anilines is 1. The van der Waals surface area contributed by atoms with E-state index in [1.54, 1.807) is 24.0 Å². The minimum absolute atomic E-state index is 0.0284. The molecular weight excluding hydrogens is 368 g/mol. The third-order valence-electron chi connectivity index (χ3n) is 5.11. The molecule has 1 aliphatic carbocycles. The van der Waals surface area contributed by atoms with Crippen molar-refractivity contribution in [3.63, 3.8) is 0 Å². The number of aromatic nitrogens is 5. The Kier molecular flexibility index (Phi) is 4.21. The number of aryl methyl sites for hydroxylation is 1. The van der Waals surface area contributed by atoms with Crippen LogP contribution >= 0.6 is 0 Å². The third-order valence-corrected chi connectivity index (χ3v) is 5.11. The molecule has 4 heterocycles. The third kappa shape index (κ3) is 3.31. The number of hydrogen-bond donors (Lipinski definition) is 1. The zero-order valence-corrected chi connectivity index (χ0v) is 16.2. The van der Waals surface area contributed by atoms with E-state index in [1.165, 1.54) is 0 Å². The lowest BCUT2D eigenvalue weighted by atomic mass is 10.1. The second-order valence-electron chi connectivity index (χ2n) is 7.34. The van der Waals surface area contributed by atoms with Crippen LogP contribution in [0.5, 0.6) is 0 Å². The Morgan fingerprint density at radius 2 is 2.10 bits per heavy atom. The number of hydrogen-bond acceptors (Lipinski definition) is 6. The summed E-state index contributed by atoms with van der Waals surface area (Å²) in [6, 6.07) is 5.76. The minimum Gasteiger partial charge on any atom is -0.380 e. The molecule has 0 saturated heterocycles. The van der Waals surface area contributed by atoms with Crippen LogP contribution in [0, 0.1) is 12.8 Å². The molecule has 0 aliphatic heterocycles. The van der Waals surface area contributed by atoms with Crippen LogP contribution in [0.25, 0.3) is 27.8 Å². The first kappa shape index (κ1) is 17.7. The number of amides is 1. The summed E-state index contributed by atoms with van der Waals surface area (Å²) in [6.45, 7) is 2.44. The number of rotatable bonds is 5. The molecule has 0 spiro atoms. The van der Waals surface area contributed by atoms with Gasteiger partial charge in [-0.3, -0.25) is 9.78 Å². The minimum atomic E-state index is 0.0284. The van der Waals surface area contributed by atoms with Gasteiger partial charge in [0.2, 0.25) is 5.91 Å². The molecule has 0 atom stereocenters. The number of methoxy groups -OCH3 is 1. The first-order valence-corrected chi connectivity index (χ1v) is 9.53. The Labute approximate surface area is 167 Å². The highest BCUT2D eigenvalue weighted by atomic mass is 16.5. The summed E-state index contributed by atoms with van der Waals surface area (Å²) in [4.78, 5) is 25.7. The van der Waals surface area contributed by atoms with Gasteiger partial charge in [-0.05, 0) is 37.5 Å². The van der Waals surface area contributed by atoms with Gasteiger partial charge in [0.25, 0.3) is 0 Å². The Balaban J connectivity index is 1.60. The van der Waals surface area contributed by atoms with Gasteiger partial charge in [0.15, 0.2) is 11.5 Å². The van der Waals surface area contributed by atoms with E-state index >= 15 is 0 Å². The summed E-state index contributed by atoms with van der Waals surface area (Å²) in [7, 11) is 1.66. The second-order valence-corrected chi connectivity index (χ2v) is 7.34. The van der Waals surface area contributed by atoms with Gasteiger partial charge < -0.3 is 10.1 Å². The fraction of sp³-hybridized carbons (Fsp3) is 0.286. The number of carbonyl (C=O) groups is 1. The molecule has 1 amide bonds. The maximum absolute atomic E-state index is 12.1. The Hall–Kier alpha value is -3.39. The van der Waals surface area contributed by atoms with Crippen LogP contribution in [-0.4, -0.2) is 37.6 Å². The quantitative estimate of drug-likeness (QED) is 0.564. The van der Waals surface area contributed by atoms with Crippen molar-refractivity contribution in [2.24, 2.45) is 5.92 Å². The van der Waals surface area contributed by atoms with Gasteiger partial charge in [-0.25, -0.2) is 14.5 Å². The van der Waals surface area contributed by atoms with E-state index in [9.17, 15) is 4.79 Å². The highest BCUT2D eigenvalue weighted by molar-refractivity contribution is 5.99. The standard InChI is InChI=1S/C21H20N6O2/c1-12-16-8-23-18(24-21(28)14-4-5-14)7-15(16)17(9-22-12)20-25-19-6-3-13(11-29-2)10-27(19)26-20/h3,6-10,14H,4-5,11H2,1-2H3,(H,23,24,28). The van der Waals surface area contributed by atoms with Crippen LogP contribution in [0.1, 0.15) is 24.1 Å². The highest BCUT2D eigenvalue weighted by Crippen LogP contribution is 2.32. The summed E-state index contributed by atoms with van der Waals surface area (Å²) in [5.74, 6) is 1.25. The lowest BCUT2D eigenvalue weighted by molar-refractivity contribution is -0.117. The van der Waals surface area contributed by atoms with Crippen molar-refractivity contribution in [3.05, 3.63) is 48.0 Å². The van der Waals surface area contributed by atoms with Crippen LogP contribution in [-0.2, 0) is 16.1 Å². The summed E-state index contributed by atoms with van der Waals surface area (Å²) in [5.41, 5.74) is 3.41. The van der Waals surface area contributed by atoms with Gasteiger partial charge in [0.05, 0.1) is 6.61 Å². The van der Waals surface area contributed by atoms with Crippen molar-refractivity contribution in [3.8, 4) is 11.4 Å². The van der Waals surface area contributed by atoms with Crippen LogP contribution < -0.4 is 5.32 Å². The average molecular weight is 388 g/mol. The Bertz CT molecular complexity index is 1240. The number of ether oxygens (including phenoxy) is 1. The maximum Gasteiger partial charge on any atom is 0.228 e. The van der Waals surface area contributed by atoms with Gasteiger partial charge in [0.1, 0.15) is 5.82 Å². The first-order valence-electron chi connectivity index (χ1n) is 9.53. The molecule has 0 unspecified atom stereocenters. The molecule has 0 bridgehead atoms. The van der Waals surface area contributed by atoms with Crippen molar-refractivity contribution >= 4 is 28.1 Å². The molecule has 8 heteroatoms. The molecule has 1 aliphatic rings. The molecule has 146 valence electrons. The molecule has 0 radical (unpaired) electrons. The molecule has 4 aromatic heterocycles. The van der Waals surface area contributed by atoms with E-state index in [-0.39, 0.29) is 11.8 Å². The Morgan fingerprint density at radius 3 is 2.90 bits per heavy atom. The fourth-order valence-electron chi connectivity index (χ4n) is 3.38. The SMILES string of the molecule is COCc1ccc2nc(-c3cnc(C)c4cnc(NC(=O)C5CC5)cc34)nn2c1. The highest BCUT2D eigenvalue weighted by Gasteiger charge is 2.29. The van der Waals surface area contributed by atoms with E-state index in [4.69, 9.17) is 4.74 Å². The van der Waals surface area contributed by atoms with Crippen LogP contribution in [0.2, 0.25) is 0 Å². The van der Waals surface area contributed by atoms with Crippen molar-refractivity contribution in [1.82, 2.24) is 24.6 Å². The number of carbonyl (C=O) groups excluding carboxylic acids is 1. The van der Waals surface area contributed by atoms with Crippen LogP contribution in [0.4, 0.5) is 5.82 Å². The molecule has 1 fully saturated rings. The average Bonchev–Trinajstić information content (AvgIpc) is 3.48. The van der Waals surface area contributed by atoms with Crippen molar-refractivity contribution in [2.45, 2.75) is 26.4 Å². The topological polar surface area (TPSA) is 94.3 Å². The van der Waals surface area contributed by atoms with E-state index in [0.717, 1.165) is 46.1 Å². The molecule has 4 aromatic rings. The molecule has 8 nitrogen and oxygen atoms in total. The van der Waals surface area contributed by atoms with E-state index in [2.05, 4.69) is 25.4 Å². The molecular formula is C21H20N6O2. The van der Waals surface area contributed by atoms with Crippen LogP contribution in [0.3, 0.4) is 0 Å². The number of pyridine rings is 3. The lowest BCUT2D eigenvalue weighted by Crippen LogP contribution is -2.14. The summed E-state index contributed by atoms with van der Waals surface area (Å²) in [6.07, 6.45) is 7.32. The molecule has 1 saturated carbocycles. The molecule has 29 heavy (non-hydrogen) atoms. The molecule has 5 rings (SSSR count). The predicted octanol–water partition coefficient (Wildman–Crippen LogP) is 3.14. The van der Waals surface area contributed by atoms with E-state index < -0.39 is 0 Å². The molecule has 0 aromatic carbocycles. The number of nitrogens with one attached hydrogen (secondary N) is 1. The summed E-state index contributed by atoms with van der Waals surface area (Å²) in [5, 5.41) is 9.37. The lowest BCUT2D eigenvalue weighted by Gasteiger charge is -2.09. The smallest absolute Gasteiger partial charge is 0.228 e. The second kappa shape index (κ2) is 6.89. The summed E-state index contributed by atoms with van der Waals surface area (Å²) >= 11 is 0. The fourth-order valence-corrected chi connectivity index (χ4v) is 3.38. The largest absolute Gasteiger partial charge is 0.380 e. The normalized spacial score (nSPS) is 13.9. The predicted molar refractivity (Wildman–Crippen MR) is 108 cm³/mol. The van der Waals surface area contributed by atoms with Crippen molar-refractivity contribution < 1.29 is 9.53 Å². The van der Waals surface area contributed by atoms with E-state index in [1.807, 2.05) is 31.3 Å². The van der Waals surface area contributed by atoms with Gasteiger partial charge >= 0.3 is 0 Å². The van der Waals surface area contributed by atoms with Gasteiger partial charge in [-0.2, -0.15) is 0 Å².